The SMILES string of the molecule is Cl.NC1C2CCCC1CC(C(=O)Nc1cnn(CC(=O)NC3CCCC3)c1)C2. The van der Waals surface area contributed by atoms with Crippen molar-refractivity contribution in [3.05, 3.63) is 12.4 Å². The normalized spacial score (nSPS) is 29.8. The minimum atomic E-state index is -0.0167. The van der Waals surface area contributed by atoms with Crippen LogP contribution in [0.2, 0.25) is 0 Å². The maximum Gasteiger partial charge on any atom is 0.241 e. The van der Waals surface area contributed by atoms with E-state index in [0.29, 0.717) is 23.6 Å². The van der Waals surface area contributed by atoms with E-state index >= 15 is 0 Å². The van der Waals surface area contributed by atoms with Gasteiger partial charge in [0.25, 0.3) is 0 Å². The first-order valence-corrected chi connectivity index (χ1v) is 10.5. The number of hydrogen-bond acceptors (Lipinski definition) is 4. The van der Waals surface area contributed by atoms with Crippen molar-refractivity contribution in [3.63, 3.8) is 0 Å². The Labute approximate surface area is 172 Å². The van der Waals surface area contributed by atoms with E-state index in [1.165, 1.54) is 19.3 Å². The Morgan fingerprint density at radius 1 is 1.11 bits per heavy atom. The van der Waals surface area contributed by atoms with Gasteiger partial charge in [-0.1, -0.05) is 19.3 Å². The molecule has 1 aromatic heterocycles. The number of carbonyl (C=O) groups is 2. The molecule has 0 aliphatic heterocycles. The zero-order valence-corrected chi connectivity index (χ0v) is 17.1. The van der Waals surface area contributed by atoms with Crippen LogP contribution in [0.5, 0.6) is 0 Å². The van der Waals surface area contributed by atoms with Crippen LogP contribution >= 0.6 is 12.4 Å². The highest BCUT2D eigenvalue weighted by atomic mass is 35.5. The van der Waals surface area contributed by atoms with Crippen molar-refractivity contribution in [1.29, 1.82) is 0 Å². The average Bonchev–Trinajstić information content (AvgIpc) is 3.26. The summed E-state index contributed by atoms with van der Waals surface area (Å²) in [4.78, 5) is 24.8. The molecule has 1 aromatic rings. The molecule has 1 heterocycles. The standard InChI is InChI=1S/C20H31N5O2.ClH/c21-19-13-4-3-5-14(19)9-15(8-13)20(27)24-17-10-22-25(11-17)12-18(26)23-16-6-1-2-7-16;/h10-11,13-16,19H,1-9,12,21H2,(H,23,26)(H,24,27);1H. The number of nitrogens with one attached hydrogen (secondary N) is 2. The van der Waals surface area contributed by atoms with Crippen molar-refractivity contribution in [2.24, 2.45) is 23.5 Å². The van der Waals surface area contributed by atoms with Crippen molar-refractivity contribution in [2.45, 2.75) is 76.4 Å². The average molecular weight is 410 g/mol. The first-order chi connectivity index (χ1) is 13.1. The van der Waals surface area contributed by atoms with Gasteiger partial charge in [0.2, 0.25) is 11.8 Å². The maximum atomic E-state index is 12.7. The van der Waals surface area contributed by atoms with Gasteiger partial charge < -0.3 is 16.4 Å². The molecule has 2 atom stereocenters. The van der Waals surface area contributed by atoms with Gasteiger partial charge in [-0.15, -0.1) is 12.4 Å². The van der Waals surface area contributed by atoms with Crippen LogP contribution < -0.4 is 16.4 Å². The molecule has 0 spiro atoms. The van der Waals surface area contributed by atoms with E-state index in [-0.39, 0.29) is 42.7 Å². The van der Waals surface area contributed by atoms with Gasteiger partial charge in [0.15, 0.2) is 0 Å². The number of anilines is 1. The molecule has 28 heavy (non-hydrogen) atoms. The monoisotopic (exact) mass is 409 g/mol. The van der Waals surface area contributed by atoms with Gasteiger partial charge in [-0.3, -0.25) is 14.3 Å². The second-order valence-electron chi connectivity index (χ2n) is 8.66. The third-order valence-corrected chi connectivity index (χ3v) is 6.71. The van der Waals surface area contributed by atoms with E-state index in [1.54, 1.807) is 17.1 Å². The second-order valence-corrected chi connectivity index (χ2v) is 8.66. The second kappa shape index (κ2) is 9.27. The lowest BCUT2D eigenvalue weighted by Gasteiger charge is -2.43. The quantitative estimate of drug-likeness (QED) is 0.695. The Morgan fingerprint density at radius 2 is 1.79 bits per heavy atom. The lowest BCUT2D eigenvalue weighted by Crippen LogP contribution is -2.48. The van der Waals surface area contributed by atoms with Crippen molar-refractivity contribution in [2.75, 3.05) is 5.32 Å². The van der Waals surface area contributed by atoms with Crippen LogP contribution in [0.25, 0.3) is 0 Å². The summed E-state index contributed by atoms with van der Waals surface area (Å²) < 4.78 is 1.59. The largest absolute Gasteiger partial charge is 0.352 e. The third kappa shape index (κ3) is 4.87. The summed E-state index contributed by atoms with van der Waals surface area (Å²) in [5.41, 5.74) is 6.99. The predicted octanol–water partition coefficient (Wildman–Crippen LogP) is 2.46. The van der Waals surface area contributed by atoms with Crippen LogP contribution in [0.15, 0.2) is 12.4 Å². The Bertz CT molecular complexity index is 674. The molecule has 3 saturated carbocycles. The molecule has 4 N–H and O–H groups in total. The molecular formula is C20H32ClN5O2. The fourth-order valence-corrected chi connectivity index (χ4v) is 5.25. The number of hydrogen-bond donors (Lipinski definition) is 3. The fraction of sp³-hybridized carbons (Fsp3) is 0.750. The number of carbonyl (C=O) groups excluding carboxylic acids is 2. The van der Waals surface area contributed by atoms with Gasteiger partial charge in [-0.05, 0) is 50.4 Å². The molecule has 8 heteroatoms. The lowest BCUT2D eigenvalue weighted by atomic mass is 9.65. The lowest BCUT2D eigenvalue weighted by molar-refractivity contribution is -0.123. The van der Waals surface area contributed by atoms with Crippen LogP contribution in [-0.4, -0.2) is 33.7 Å². The zero-order valence-electron chi connectivity index (χ0n) is 16.3. The van der Waals surface area contributed by atoms with E-state index in [9.17, 15) is 9.59 Å². The summed E-state index contributed by atoms with van der Waals surface area (Å²) in [6.45, 7) is 0.189. The zero-order chi connectivity index (χ0) is 18.8. The molecule has 3 aliphatic rings. The van der Waals surface area contributed by atoms with Crippen molar-refractivity contribution in [1.82, 2.24) is 15.1 Å². The molecule has 0 radical (unpaired) electrons. The number of fused-ring (bicyclic) bond motifs is 2. The summed E-state index contributed by atoms with van der Waals surface area (Å²) in [6.07, 6.45) is 13.2. The Kier molecular flexibility index (Phi) is 6.99. The third-order valence-electron chi connectivity index (χ3n) is 6.71. The van der Waals surface area contributed by atoms with Gasteiger partial charge in [0.1, 0.15) is 6.54 Å². The van der Waals surface area contributed by atoms with Gasteiger partial charge in [-0.25, -0.2) is 0 Å². The summed E-state index contributed by atoms with van der Waals surface area (Å²) >= 11 is 0. The van der Waals surface area contributed by atoms with Crippen LogP contribution in [-0.2, 0) is 16.1 Å². The molecule has 0 aromatic carbocycles. The van der Waals surface area contributed by atoms with Crippen LogP contribution in [0, 0.1) is 17.8 Å². The summed E-state index contributed by atoms with van der Waals surface area (Å²) in [6, 6.07) is 0.577. The molecule has 4 rings (SSSR count). The molecular weight excluding hydrogens is 378 g/mol. The molecule has 156 valence electrons. The van der Waals surface area contributed by atoms with Crippen LogP contribution in [0.4, 0.5) is 5.69 Å². The van der Waals surface area contributed by atoms with E-state index < -0.39 is 0 Å². The minimum absolute atomic E-state index is 0. The van der Waals surface area contributed by atoms with E-state index in [2.05, 4.69) is 15.7 Å². The fourth-order valence-electron chi connectivity index (χ4n) is 5.25. The van der Waals surface area contributed by atoms with Gasteiger partial charge in [-0.2, -0.15) is 5.10 Å². The number of halogens is 1. The van der Waals surface area contributed by atoms with Gasteiger partial charge >= 0.3 is 0 Å². The minimum Gasteiger partial charge on any atom is -0.352 e. The van der Waals surface area contributed by atoms with E-state index in [1.807, 2.05) is 0 Å². The van der Waals surface area contributed by atoms with Crippen LogP contribution in [0.3, 0.4) is 0 Å². The molecule has 0 saturated heterocycles. The van der Waals surface area contributed by atoms with E-state index in [0.717, 1.165) is 38.5 Å². The first kappa shape index (κ1) is 21.1. The highest BCUT2D eigenvalue weighted by molar-refractivity contribution is 5.92. The molecule has 2 unspecified atom stereocenters. The van der Waals surface area contributed by atoms with Gasteiger partial charge in [0.05, 0.1) is 11.9 Å². The summed E-state index contributed by atoms with van der Waals surface area (Å²) in [5, 5.41) is 10.3. The smallest absolute Gasteiger partial charge is 0.241 e. The number of rotatable bonds is 5. The summed E-state index contributed by atoms with van der Waals surface area (Å²) in [7, 11) is 0. The predicted molar refractivity (Wildman–Crippen MR) is 110 cm³/mol. The van der Waals surface area contributed by atoms with Gasteiger partial charge in [0, 0.05) is 24.2 Å². The number of amides is 2. The number of aromatic nitrogens is 2. The Balaban J connectivity index is 0.00000225. The van der Waals surface area contributed by atoms with E-state index in [4.69, 9.17) is 5.73 Å². The Morgan fingerprint density at radius 3 is 2.46 bits per heavy atom. The highest BCUT2D eigenvalue weighted by Crippen LogP contribution is 2.42. The molecule has 3 fully saturated rings. The maximum absolute atomic E-state index is 12.7. The topological polar surface area (TPSA) is 102 Å². The van der Waals surface area contributed by atoms with Crippen molar-refractivity contribution < 1.29 is 9.59 Å². The molecule has 2 bridgehead atoms. The first-order valence-electron chi connectivity index (χ1n) is 10.5. The van der Waals surface area contributed by atoms with Crippen molar-refractivity contribution in [3.8, 4) is 0 Å². The number of nitrogens with zero attached hydrogens (tertiary/aromatic N) is 2. The highest BCUT2D eigenvalue weighted by Gasteiger charge is 2.40. The molecule has 7 nitrogen and oxygen atoms in total. The molecule has 3 aliphatic carbocycles. The van der Waals surface area contributed by atoms with Crippen LogP contribution in [0.1, 0.15) is 57.8 Å². The molecule has 2 amide bonds. The summed E-state index contributed by atoms with van der Waals surface area (Å²) in [5.74, 6) is 1.05. The van der Waals surface area contributed by atoms with Crippen molar-refractivity contribution >= 4 is 29.9 Å². The number of nitrogens with two attached hydrogens (primary N) is 1. The Hall–Kier alpha value is -1.60.